The molecule has 2 heteroatoms. The maximum Gasteiger partial charge on any atom is 0.137 e. The Labute approximate surface area is 308 Å². The molecule has 0 aliphatic carbocycles. The molecule has 0 aliphatic heterocycles. The molecule has 1 heterocycles. The summed E-state index contributed by atoms with van der Waals surface area (Å²) in [6, 6.07) is 70.0. The number of furan rings is 1. The zero-order valence-corrected chi connectivity index (χ0v) is 29.3. The fourth-order valence-corrected chi connectivity index (χ4v) is 8.09. The number of rotatable bonds is 6. The van der Waals surface area contributed by atoms with Crippen LogP contribution in [0, 0.1) is 6.92 Å². The van der Waals surface area contributed by atoms with E-state index >= 15 is 0 Å². The third kappa shape index (κ3) is 5.27. The van der Waals surface area contributed by atoms with Crippen LogP contribution < -0.4 is 4.90 Å². The van der Waals surface area contributed by atoms with Crippen LogP contribution >= 0.6 is 0 Å². The van der Waals surface area contributed by atoms with Gasteiger partial charge in [0, 0.05) is 33.9 Å². The van der Waals surface area contributed by atoms with E-state index in [4.69, 9.17) is 4.42 Å². The van der Waals surface area contributed by atoms with Crippen molar-refractivity contribution < 1.29 is 4.42 Å². The lowest BCUT2D eigenvalue weighted by Crippen LogP contribution is -2.10. The average Bonchev–Trinajstić information content (AvgIpc) is 3.60. The van der Waals surface area contributed by atoms with E-state index in [-0.39, 0.29) is 0 Å². The Bertz CT molecular complexity index is 2960. The number of hydrogen-bond donors (Lipinski definition) is 0. The first kappa shape index (κ1) is 30.9. The molecule has 10 aromatic rings. The van der Waals surface area contributed by atoms with Gasteiger partial charge in [-0.05, 0) is 104 Å². The highest BCUT2D eigenvalue weighted by Crippen LogP contribution is 2.48. The van der Waals surface area contributed by atoms with Crippen LogP contribution in [0.1, 0.15) is 5.56 Å². The number of benzene rings is 9. The highest BCUT2D eigenvalue weighted by atomic mass is 16.3. The van der Waals surface area contributed by atoms with Crippen molar-refractivity contribution in [3.8, 4) is 33.4 Å². The van der Waals surface area contributed by atoms with Gasteiger partial charge < -0.3 is 9.32 Å². The summed E-state index contributed by atoms with van der Waals surface area (Å²) in [6.07, 6.45) is 0. The summed E-state index contributed by atoms with van der Waals surface area (Å²) in [7, 11) is 0. The summed E-state index contributed by atoms with van der Waals surface area (Å²) in [5.74, 6) is 0. The third-order valence-electron chi connectivity index (χ3n) is 10.5. The minimum absolute atomic E-state index is 0.872. The normalized spacial score (nSPS) is 11.5. The van der Waals surface area contributed by atoms with E-state index in [9.17, 15) is 0 Å². The number of hydrogen-bond acceptors (Lipinski definition) is 2. The molecule has 250 valence electrons. The van der Waals surface area contributed by atoms with Crippen molar-refractivity contribution >= 4 is 60.5 Å². The van der Waals surface area contributed by atoms with Crippen molar-refractivity contribution in [1.29, 1.82) is 0 Å². The molecule has 0 radical (unpaired) electrons. The largest absolute Gasteiger partial charge is 0.456 e. The highest BCUT2D eigenvalue weighted by Gasteiger charge is 2.22. The minimum Gasteiger partial charge on any atom is -0.456 e. The van der Waals surface area contributed by atoms with Crippen molar-refractivity contribution in [2.75, 3.05) is 4.90 Å². The van der Waals surface area contributed by atoms with Gasteiger partial charge in [-0.1, -0.05) is 151 Å². The van der Waals surface area contributed by atoms with Gasteiger partial charge in [-0.25, -0.2) is 0 Å². The maximum atomic E-state index is 6.40. The Morgan fingerprint density at radius 2 is 0.887 bits per heavy atom. The van der Waals surface area contributed by atoms with Crippen LogP contribution in [-0.4, -0.2) is 0 Å². The van der Waals surface area contributed by atoms with Gasteiger partial charge >= 0.3 is 0 Å². The van der Waals surface area contributed by atoms with Gasteiger partial charge in [-0.2, -0.15) is 0 Å². The first-order chi connectivity index (χ1) is 26.2. The molecule has 0 spiro atoms. The van der Waals surface area contributed by atoms with Crippen molar-refractivity contribution in [2.24, 2.45) is 0 Å². The van der Waals surface area contributed by atoms with Gasteiger partial charge in [0.25, 0.3) is 0 Å². The molecule has 0 amide bonds. The molecule has 0 saturated heterocycles. The number of fused-ring (bicyclic) bond motifs is 6. The second-order valence-electron chi connectivity index (χ2n) is 13.8. The van der Waals surface area contributed by atoms with E-state index in [1.54, 1.807) is 0 Å². The Kier molecular flexibility index (Phi) is 7.40. The number of aryl methyl sites for hydroxylation is 1. The molecule has 0 fully saturated rings. The van der Waals surface area contributed by atoms with Gasteiger partial charge in [0.1, 0.15) is 11.2 Å². The Hall–Kier alpha value is -6.90. The Morgan fingerprint density at radius 3 is 1.64 bits per heavy atom. The SMILES string of the molecule is Cc1ccc(N(c2cccc(-c3c(-c4ccccc4-c4ccccc4)c4ccccc4c4ccccc34)c2)c2ccc3c(c2)oc2ccccc23)cc1. The number of para-hydroxylation sites is 1. The molecular weight excluding hydrogens is 643 g/mol. The Morgan fingerprint density at radius 1 is 0.340 bits per heavy atom. The summed E-state index contributed by atoms with van der Waals surface area (Å²) in [6.45, 7) is 2.13. The Balaban J connectivity index is 1.25. The molecule has 2 nitrogen and oxygen atoms in total. The molecule has 0 N–H and O–H groups in total. The molecule has 1 aromatic heterocycles. The summed E-state index contributed by atoms with van der Waals surface area (Å²) < 4.78 is 6.40. The van der Waals surface area contributed by atoms with Gasteiger partial charge in [0.2, 0.25) is 0 Å². The topological polar surface area (TPSA) is 16.4 Å². The molecule has 10 rings (SSSR count). The second kappa shape index (κ2) is 12.7. The van der Waals surface area contributed by atoms with E-state index in [2.05, 4.69) is 194 Å². The quantitative estimate of drug-likeness (QED) is 0.163. The van der Waals surface area contributed by atoms with Crippen molar-refractivity contribution in [1.82, 2.24) is 0 Å². The number of anilines is 3. The van der Waals surface area contributed by atoms with Crippen molar-refractivity contribution in [3.05, 3.63) is 200 Å². The fourth-order valence-electron chi connectivity index (χ4n) is 8.09. The molecule has 0 aliphatic rings. The van der Waals surface area contributed by atoms with E-state index in [1.807, 2.05) is 12.1 Å². The van der Waals surface area contributed by atoms with Gasteiger partial charge in [-0.15, -0.1) is 0 Å². The average molecular weight is 678 g/mol. The lowest BCUT2D eigenvalue weighted by Gasteiger charge is -2.27. The zero-order chi connectivity index (χ0) is 35.3. The fraction of sp³-hybridized carbons (Fsp3) is 0.0196. The molecule has 0 bridgehead atoms. The second-order valence-corrected chi connectivity index (χ2v) is 13.8. The van der Waals surface area contributed by atoms with Crippen LogP contribution in [0.25, 0.3) is 76.9 Å². The van der Waals surface area contributed by atoms with Crippen LogP contribution in [0.4, 0.5) is 17.1 Å². The van der Waals surface area contributed by atoms with Gasteiger partial charge in [0.15, 0.2) is 0 Å². The van der Waals surface area contributed by atoms with Crippen molar-refractivity contribution in [2.45, 2.75) is 6.92 Å². The molecular formula is C51H35NO. The van der Waals surface area contributed by atoms with E-state index in [0.29, 0.717) is 0 Å². The van der Waals surface area contributed by atoms with Crippen LogP contribution in [0.15, 0.2) is 199 Å². The number of nitrogens with zero attached hydrogens (tertiary/aromatic N) is 1. The van der Waals surface area contributed by atoms with E-state index in [0.717, 1.165) is 44.6 Å². The summed E-state index contributed by atoms with van der Waals surface area (Å²) in [5, 5.41) is 7.21. The van der Waals surface area contributed by atoms with Crippen LogP contribution in [0.3, 0.4) is 0 Å². The van der Waals surface area contributed by atoms with Gasteiger partial charge in [0.05, 0.1) is 0 Å². The molecule has 0 unspecified atom stereocenters. The third-order valence-corrected chi connectivity index (χ3v) is 10.5. The first-order valence-electron chi connectivity index (χ1n) is 18.2. The monoisotopic (exact) mass is 677 g/mol. The lowest BCUT2D eigenvalue weighted by molar-refractivity contribution is 0.669. The zero-order valence-electron chi connectivity index (χ0n) is 29.3. The predicted molar refractivity (Wildman–Crippen MR) is 224 cm³/mol. The predicted octanol–water partition coefficient (Wildman–Crippen LogP) is 14.7. The van der Waals surface area contributed by atoms with Crippen LogP contribution in [0.5, 0.6) is 0 Å². The van der Waals surface area contributed by atoms with Crippen molar-refractivity contribution in [3.63, 3.8) is 0 Å². The standard InChI is InChI=1S/C51H35NO/c1-34-26-28-37(29-27-34)52(39-30-31-44-43-21-11-12-25-48(43)53-49(44)33-39)38-17-13-16-36(32-38)50-46-23-9-6-19-41(46)42-20-7-10-24-47(42)51(50)45-22-8-5-18-40(45)35-14-3-2-4-15-35/h2-33H,1H3. The van der Waals surface area contributed by atoms with Gasteiger partial charge in [-0.3, -0.25) is 0 Å². The van der Waals surface area contributed by atoms with E-state index in [1.165, 1.54) is 54.9 Å². The smallest absolute Gasteiger partial charge is 0.137 e. The summed E-state index contributed by atoms with van der Waals surface area (Å²) in [5.41, 5.74) is 13.4. The first-order valence-corrected chi connectivity index (χ1v) is 18.2. The highest BCUT2D eigenvalue weighted by molar-refractivity contribution is 6.22. The van der Waals surface area contributed by atoms with E-state index < -0.39 is 0 Å². The molecule has 53 heavy (non-hydrogen) atoms. The molecule has 9 aromatic carbocycles. The molecule has 0 atom stereocenters. The molecule has 0 saturated carbocycles. The minimum atomic E-state index is 0.872. The van der Waals surface area contributed by atoms with Crippen LogP contribution in [-0.2, 0) is 0 Å². The maximum absolute atomic E-state index is 6.40. The van der Waals surface area contributed by atoms with Crippen LogP contribution in [0.2, 0.25) is 0 Å². The lowest BCUT2D eigenvalue weighted by atomic mass is 9.82. The summed E-state index contributed by atoms with van der Waals surface area (Å²) in [4.78, 5) is 2.34. The summed E-state index contributed by atoms with van der Waals surface area (Å²) >= 11 is 0.